The van der Waals surface area contributed by atoms with Gasteiger partial charge in [0.15, 0.2) is 0 Å². The van der Waals surface area contributed by atoms with Gasteiger partial charge in [0.05, 0.1) is 0 Å². The molecular weight excluding hydrogens is 394 g/mol. The van der Waals surface area contributed by atoms with Gasteiger partial charge in [-0.3, -0.25) is 9.69 Å². The summed E-state index contributed by atoms with van der Waals surface area (Å²) in [7, 11) is 0. The van der Waals surface area contributed by atoms with E-state index < -0.39 is 6.09 Å². The fraction of sp³-hybridized carbons (Fsp3) is 0.417. The third-order valence-corrected chi connectivity index (χ3v) is 6.03. The monoisotopic (exact) mass is 423 g/mol. The Balaban J connectivity index is 1.22. The van der Waals surface area contributed by atoms with Gasteiger partial charge in [-0.05, 0) is 29.8 Å². The molecule has 2 amide bonds. The van der Waals surface area contributed by atoms with Crippen molar-refractivity contribution in [2.24, 2.45) is 0 Å². The number of benzene rings is 2. The van der Waals surface area contributed by atoms with E-state index in [1.54, 1.807) is 0 Å². The summed E-state index contributed by atoms with van der Waals surface area (Å²) in [5.41, 5.74) is 1.97. The maximum Gasteiger partial charge on any atom is 0.407 e. The second-order valence-electron chi connectivity index (χ2n) is 8.17. The highest BCUT2D eigenvalue weighted by Crippen LogP contribution is 2.21. The molecule has 2 saturated heterocycles. The molecule has 2 aliphatic heterocycles. The van der Waals surface area contributed by atoms with Crippen LogP contribution in [0.25, 0.3) is 0 Å². The summed E-state index contributed by atoms with van der Waals surface area (Å²) in [6.07, 6.45) is 0.657. The van der Waals surface area contributed by atoms with Crippen LogP contribution in [0.3, 0.4) is 0 Å². The summed E-state index contributed by atoms with van der Waals surface area (Å²) in [5.74, 6) is 0.937. The number of carbonyl (C=O) groups is 2. The third kappa shape index (κ3) is 5.55. The van der Waals surface area contributed by atoms with E-state index in [9.17, 15) is 9.59 Å². The Morgan fingerprint density at radius 1 is 0.839 bits per heavy atom. The number of hydrogen-bond acceptors (Lipinski definition) is 4. The molecule has 0 radical (unpaired) electrons. The molecule has 0 aliphatic carbocycles. The minimum atomic E-state index is -0.854. The van der Waals surface area contributed by atoms with Gasteiger partial charge in [-0.25, -0.2) is 4.79 Å². The molecule has 2 aromatic carbocycles. The van der Waals surface area contributed by atoms with Crippen molar-refractivity contribution in [1.29, 1.82) is 0 Å². The molecule has 1 N–H and O–H groups in total. The Labute approximate surface area is 182 Å². The molecule has 7 nitrogen and oxygen atoms in total. The summed E-state index contributed by atoms with van der Waals surface area (Å²) in [6, 6.07) is 17.6. The number of carboxylic acid groups (broad SMARTS) is 1. The van der Waals surface area contributed by atoms with E-state index in [-0.39, 0.29) is 12.0 Å². The summed E-state index contributed by atoms with van der Waals surface area (Å²) in [4.78, 5) is 29.3. The lowest BCUT2D eigenvalue weighted by Crippen LogP contribution is -2.48. The maximum atomic E-state index is 12.6. The van der Waals surface area contributed by atoms with Gasteiger partial charge in [-0.1, -0.05) is 30.3 Å². The van der Waals surface area contributed by atoms with Crippen LogP contribution in [0.4, 0.5) is 4.79 Å². The molecule has 7 heteroatoms. The standard InChI is InChI=1S/C24H29N3O4/c28-23(20-4-2-1-3-5-20)26-16-14-25(15-17-26)18-19-6-8-21(9-7-19)31-22-10-12-27(13-11-22)24(29)30/h1-9,22H,10-18H2,(H,29,30). The maximum absolute atomic E-state index is 12.6. The summed E-state index contributed by atoms with van der Waals surface area (Å²) < 4.78 is 6.03. The molecule has 2 heterocycles. The van der Waals surface area contributed by atoms with Crippen LogP contribution in [0.5, 0.6) is 5.75 Å². The Bertz CT molecular complexity index is 871. The Morgan fingerprint density at radius 3 is 2.10 bits per heavy atom. The van der Waals surface area contributed by atoms with Gasteiger partial charge in [0.1, 0.15) is 11.9 Å². The molecule has 0 bridgehead atoms. The van der Waals surface area contributed by atoms with Crippen LogP contribution in [0, 0.1) is 0 Å². The van der Waals surface area contributed by atoms with E-state index >= 15 is 0 Å². The van der Waals surface area contributed by atoms with Gasteiger partial charge in [0.25, 0.3) is 5.91 Å². The predicted molar refractivity (Wildman–Crippen MR) is 117 cm³/mol. The number of nitrogens with zero attached hydrogens (tertiary/aromatic N) is 3. The average Bonchev–Trinajstić information content (AvgIpc) is 2.81. The smallest absolute Gasteiger partial charge is 0.407 e. The molecule has 164 valence electrons. The highest BCUT2D eigenvalue weighted by atomic mass is 16.5. The van der Waals surface area contributed by atoms with Crippen LogP contribution in [0.2, 0.25) is 0 Å². The van der Waals surface area contributed by atoms with Crippen LogP contribution in [-0.4, -0.2) is 77.2 Å². The molecule has 2 aromatic rings. The van der Waals surface area contributed by atoms with Gasteiger partial charge in [-0.2, -0.15) is 0 Å². The van der Waals surface area contributed by atoms with Crippen molar-refractivity contribution in [1.82, 2.24) is 14.7 Å². The van der Waals surface area contributed by atoms with Crippen molar-refractivity contribution in [2.75, 3.05) is 39.3 Å². The predicted octanol–water partition coefficient (Wildman–Crippen LogP) is 3.17. The topological polar surface area (TPSA) is 73.3 Å². The number of carbonyl (C=O) groups excluding carboxylic acids is 1. The highest BCUT2D eigenvalue weighted by Gasteiger charge is 2.24. The molecule has 31 heavy (non-hydrogen) atoms. The fourth-order valence-electron chi connectivity index (χ4n) is 4.16. The van der Waals surface area contributed by atoms with Gasteiger partial charge < -0.3 is 19.6 Å². The van der Waals surface area contributed by atoms with Crippen LogP contribution in [-0.2, 0) is 6.54 Å². The fourth-order valence-corrected chi connectivity index (χ4v) is 4.16. The number of likely N-dealkylation sites (tertiary alicyclic amines) is 1. The lowest BCUT2D eigenvalue weighted by atomic mass is 10.1. The van der Waals surface area contributed by atoms with Crippen LogP contribution >= 0.6 is 0 Å². The zero-order valence-electron chi connectivity index (χ0n) is 17.7. The van der Waals surface area contributed by atoms with Crippen LogP contribution < -0.4 is 4.74 Å². The van der Waals surface area contributed by atoms with E-state index in [1.807, 2.05) is 47.4 Å². The van der Waals surface area contributed by atoms with E-state index in [0.717, 1.165) is 56.9 Å². The van der Waals surface area contributed by atoms with Gasteiger partial charge in [-0.15, -0.1) is 0 Å². The lowest BCUT2D eigenvalue weighted by molar-refractivity contribution is 0.0628. The lowest BCUT2D eigenvalue weighted by Gasteiger charge is -2.35. The quantitative estimate of drug-likeness (QED) is 0.800. The largest absolute Gasteiger partial charge is 0.490 e. The molecule has 0 saturated carbocycles. The van der Waals surface area contributed by atoms with Crippen molar-refractivity contribution in [3.05, 3.63) is 65.7 Å². The number of piperidine rings is 1. The van der Waals surface area contributed by atoms with Crippen LogP contribution in [0.1, 0.15) is 28.8 Å². The third-order valence-electron chi connectivity index (χ3n) is 6.03. The Hall–Kier alpha value is -3.06. The van der Waals surface area contributed by atoms with E-state index in [2.05, 4.69) is 17.0 Å². The first-order valence-electron chi connectivity index (χ1n) is 10.9. The van der Waals surface area contributed by atoms with Crippen molar-refractivity contribution >= 4 is 12.0 Å². The number of ether oxygens (including phenoxy) is 1. The number of amides is 2. The van der Waals surface area contributed by atoms with Crippen LogP contribution in [0.15, 0.2) is 54.6 Å². The number of rotatable bonds is 5. The molecule has 2 fully saturated rings. The Morgan fingerprint density at radius 2 is 1.48 bits per heavy atom. The minimum absolute atomic E-state index is 0.0664. The van der Waals surface area contributed by atoms with Gasteiger partial charge in [0, 0.05) is 64.2 Å². The molecule has 0 spiro atoms. The van der Waals surface area contributed by atoms with E-state index in [1.165, 1.54) is 10.5 Å². The first kappa shape index (κ1) is 21.2. The molecule has 4 rings (SSSR count). The van der Waals surface area contributed by atoms with Gasteiger partial charge in [0.2, 0.25) is 0 Å². The normalized spacial score (nSPS) is 18.1. The minimum Gasteiger partial charge on any atom is -0.490 e. The summed E-state index contributed by atoms with van der Waals surface area (Å²) >= 11 is 0. The summed E-state index contributed by atoms with van der Waals surface area (Å²) in [6.45, 7) is 5.10. The zero-order chi connectivity index (χ0) is 21.6. The van der Waals surface area contributed by atoms with Crippen molar-refractivity contribution in [3.63, 3.8) is 0 Å². The van der Waals surface area contributed by atoms with Crippen molar-refractivity contribution in [2.45, 2.75) is 25.5 Å². The van der Waals surface area contributed by atoms with E-state index in [4.69, 9.17) is 9.84 Å². The number of piperazine rings is 1. The van der Waals surface area contributed by atoms with E-state index in [0.29, 0.717) is 13.1 Å². The Kier molecular flexibility index (Phi) is 6.72. The second kappa shape index (κ2) is 9.83. The highest BCUT2D eigenvalue weighted by molar-refractivity contribution is 5.94. The first-order chi connectivity index (χ1) is 15.1. The molecular formula is C24H29N3O4. The summed E-state index contributed by atoms with van der Waals surface area (Å²) in [5, 5.41) is 9.04. The SMILES string of the molecule is O=C(O)N1CCC(Oc2ccc(CN3CCN(C(=O)c4ccccc4)CC3)cc2)CC1. The average molecular weight is 424 g/mol. The molecule has 2 aliphatic rings. The zero-order valence-corrected chi connectivity index (χ0v) is 17.7. The van der Waals surface area contributed by atoms with Crippen molar-refractivity contribution in [3.8, 4) is 5.75 Å². The number of hydrogen-bond donors (Lipinski definition) is 1. The molecule has 0 unspecified atom stereocenters. The van der Waals surface area contributed by atoms with Gasteiger partial charge >= 0.3 is 6.09 Å². The first-order valence-corrected chi connectivity index (χ1v) is 10.9. The second-order valence-corrected chi connectivity index (χ2v) is 8.17. The molecule has 0 atom stereocenters. The molecule has 0 aromatic heterocycles. The van der Waals surface area contributed by atoms with Crippen molar-refractivity contribution < 1.29 is 19.4 Å².